The van der Waals surface area contributed by atoms with Gasteiger partial charge in [-0.1, -0.05) is 6.92 Å². The summed E-state index contributed by atoms with van der Waals surface area (Å²) in [5.74, 6) is 0.619. The standard InChI is InChI=1S/C14H20N6O2/c1-6-7-19-13-15-11-10(20(13)9(3)8(2)16-19)12(21)18(5)14(22)17(11)4/h9H,6-7H2,1-5H3. The average molecular weight is 304 g/mol. The van der Waals surface area contributed by atoms with E-state index in [0.717, 1.165) is 16.7 Å². The van der Waals surface area contributed by atoms with Gasteiger partial charge in [-0.15, -0.1) is 0 Å². The molecule has 0 saturated heterocycles. The van der Waals surface area contributed by atoms with Crippen molar-refractivity contribution in [2.24, 2.45) is 19.2 Å². The van der Waals surface area contributed by atoms with Crippen LogP contribution in [0.5, 0.6) is 0 Å². The van der Waals surface area contributed by atoms with Crippen LogP contribution in [0.4, 0.5) is 5.95 Å². The highest BCUT2D eigenvalue weighted by Gasteiger charge is 2.29. The smallest absolute Gasteiger partial charge is 0.294 e. The van der Waals surface area contributed by atoms with Gasteiger partial charge in [-0.05, 0) is 20.3 Å². The highest BCUT2D eigenvalue weighted by atomic mass is 16.2. The molecule has 0 amide bonds. The molecule has 0 aromatic carbocycles. The molecule has 3 rings (SSSR count). The van der Waals surface area contributed by atoms with Crippen molar-refractivity contribution in [3.8, 4) is 0 Å². The molecular formula is C14H20N6O2. The predicted octanol–water partition coefficient (Wildman–Crippen LogP) is 0.601. The molecule has 1 aliphatic heterocycles. The van der Waals surface area contributed by atoms with Gasteiger partial charge >= 0.3 is 5.69 Å². The van der Waals surface area contributed by atoms with E-state index in [2.05, 4.69) is 17.0 Å². The molecule has 2 aromatic rings. The van der Waals surface area contributed by atoms with E-state index < -0.39 is 0 Å². The number of aromatic nitrogens is 4. The summed E-state index contributed by atoms with van der Waals surface area (Å²) in [4.78, 5) is 29.2. The summed E-state index contributed by atoms with van der Waals surface area (Å²) in [6.45, 7) is 6.69. The van der Waals surface area contributed by atoms with Crippen molar-refractivity contribution in [1.29, 1.82) is 0 Å². The van der Waals surface area contributed by atoms with E-state index in [0.29, 0.717) is 23.7 Å². The molecule has 0 spiro atoms. The molecule has 118 valence electrons. The Morgan fingerprint density at radius 1 is 1.18 bits per heavy atom. The molecule has 0 aliphatic carbocycles. The summed E-state index contributed by atoms with van der Waals surface area (Å²) in [5.41, 5.74) is 1.06. The first kappa shape index (κ1) is 14.6. The van der Waals surface area contributed by atoms with Crippen LogP contribution in [0.1, 0.15) is 33.2 Å². The van der Waals surface area contributed by atoms with Crippen LogP contribution in [0.25, 0.3) is 11.2 Å². The van der Waals surface area contributed by atoms with Gasteiger partial charge in [0.05, 0.1) is 11.8 Å². The summed E-state index contributed by atoms with van der Waals surface area (Å²) in [6.07, 6.45) is 0.908. The van der Waals surface area contributed by atoms with Crippen molar-refractivity contribution < 1.29 is 0 Å². The Bertz CT molecular complexity index is 901. The number of imidazole rings is 1. The van der Waals surface area contributed by atoms with Gasteiger partial charge in [-0.2, -0.15) is 10.1 Å². The molecule has 0 bridgehead atoms. The molecule has 8 nitrogen and oxygen atoms in total. The molecule has 1 unspecified atom stereocenters. The summed E-state index contributed by atoms with van der Waals surface area (Å²) < 4.78 is 4.42. The summed E-state index contributed by atoms with van der Waals surface area (Å²) >= 11 is 0. The Morgan fingerprint density at radius 2 is 1.86 bits per heavy atom. The maximum absolute atomic E-state index is 12.6. The van der Waals surface area contributed by atoms with E-state index in [1.54, 1.807) is 12.1 Å². The maximum atomic E-state index is 12.6. The van der Waals surface area contributed by atoms with Crippen LogP contribution < -0.4 is 16.3 Å². The molecule has 2 aromatic heterocycles. The molecule has 8 heteroatoms. The SMILES string of the molecule is CCCN1N=C(C)C(C)n2c1nc1c2c(=O)n(C)c(=O)n1C. The normalized spacial score (nSPS) is 17.8. The number of hydrogen-bond donors (Lipinski definition) is 0. The third-order valence-corrected chi connectivity index (χ3v) is 4.21. The van der Waals surface area contributed by atoms with Crippen molar-refractivity contribution in [3.63, 3.8) is 0 Å². The number of rotatable bonds is 2. The third-order valence-electron chi connectivity index (χ3n) is 4.21. The first-order valence-electron chi connectivity index (χ1n) is 7.39. The largest absolute Gasteiger partial charge is 0.332 e. The van der Waals surface area contributed by atoms with Gasteiger partial charge in [0.15, 0.2) is 11.2 Å². The zero-order chi connectivity index (χ0) is 16.2. The van der Waals surface area contributed by atoms with E-state index in [1.165, 1.54) is 11.6 Å². The van der Waals surface area contributed by atoms with Gasteiger partial charge in [-0.25, -0.2) is 9.80 Å². The second-order valence-corrected chi connectivity index (χ2v) is 5.70. The fraction of sp³-hybridized carbons (Fsp3) is 0.571. The molecule has 0 saturated carbocycles. The van der Waals surface area contributed by atoms with Crippen LogP contribution in [-0.2, 0) is 14.1 Å². The minimum atomic E-state index is -0.375. The Labute approximate surface area is 127 Å². The maximum Gasteiger partial charge on any atom is 0.332 e. The van der Waals surface area contributed by atoms with Crippen molar-refractivity contribution in [2.45, 2.75) is 33.2 Å². The summed E-state index contributed by atoms with van der Waals surface area (Å²) in [7, 11) is 3.12. The van der Waals surface area contributed by atoms with Crippen LogP contribution in [0.2, 0.25) is 0 Å². The molecular weight excluding hydrogens is 284 g/mol. The molecule has 1 aliphatic rings. The lowest BCUT2D eigenvalue weighted by Crippen LogP contribution is -2.38. The fourth-order valence-electron chi connectivity index (χ4n) is 2.82. The van der Waals surface area contributed by atoms with Gasteiger partial charge in [0.2, 0.25) is 5.95 Å². The third kappa shape index (κ3) is 1.76. The van der Waals surface area contributed by atoms with Crippen molar-refractivity contribution in [2.75, 3.05) is 11.6 Å². The van der Waals surface area contributed by atoms with Crippen LogP contribution >= 0.6 is 0 Å². The quantitative estimate of drug-likeness (QED) is 0.814. The molecule has 0 fully saturated rings. The minimum Gasteiger partial charge on any atom is -0.294 e. The highest BCUT2D eigenvalue weighted by Crippen LogP contribution is 2.29. The van der Waals surface area contributed by atoms with Crippen LogP contribution in [0.3, 0.4) is 0 Å². The molecule has 22 heavy (non-hydrogen) atoms. The molecule has 1 atom stereocenters. The monoisotopic (exact) mass is 304 g/mol. The average Bonchev–Trinajstić information content (AvgIpc) is 2.89. The van der Waals surface area contributed by atoms with Crippen LogP contribution in [0.15, 0.2) is 14.7 Å². The van der Waals surface area contributed by atoms with Gasteiger partial charge in [0.25, 0.3) is 5.56 Å². The van der Waals surface area contributed by atoms with Gasteiger partial charge < -0.3 is 0 Å². The number of nitrogens with zero attached hydrogens (tertiary/aromatic N) is 6. The lowest BCUT2D eigenvalue weighted by Gasteiger charge is -2.28. The Hall–Kier alpha value is -2.38. The number of hydrogen-bond acceptors (Lipinski definition) is 5. The Balaban J connectivity index is 2.45. The van der Waals surface area contributed by atoms with Gasteiger partial charge in [0, 0.05) is 20.6 Å². The second-order valence-electron chi connectivity index (χ2n) is 5.70. The lowest BCUT2D eigenvalue weighted by atomic mass is 10.2. The van der Waals surface area contributed by atoms with E-state index in [4.69, 9.17) is 0 Å². The van der Waals surface area contributed by atoms with Gasteiger partial charge in [-0.3, -0.25) is 18.5 Å². The predicted molar refractivity (Wildman–Crippen MR) is 85.7 cm³/mol. The van der Waals surface area contributed by atoms with E-state index in [-0.39, 0.29) is 17.3 Å². The van der Waals surface area contributed by atoms with Crippen molar-refractivity contribution in [1.82, 2.24) is 18.7 Å². The molecule has 3 heterocycles. The van der Waals surface area contributed by atoms with Crippen LogP contribution in [0, 0.1) is 0 Å². The second kappa shape index (κ2) is 4.82. The van der Waals surface area contributed by atoms with E-state index >= 15 is 0 Å². The number of anilines is 1. The first-order valence-corrected chi connectivity index (χ1v) is 7.39. The highest BCUT2D eigenvalue weighted by molar-refractivity contribution is 5.90. The Morgan fingerprint density at radius 3 is 2.50 bits per heavy atom. The van der Waals surface area contributed by atoms with E-state index in [9.17, 15) is 9.59 Å². The summed E-state index contributed by atoms with van der Waals surface area (Å²) in [6, 6.07) is -0.0710. The minimum absolute atomic E-state index is 0.0710. The van der Waals surface area contributed by atoms with Crippen molar-refractivity contribution in [3.05, 3.63) is 20.8 Å². The Kier molecular flexibility index (Phi) is 3.19. The number of aryl methyl sites for hydroxylation is 1. The topological polar surface area (TPSA) is 77.4 Å². The van der Waals surface area contributed by atoms with E-state index in [1.807, 2.05) is 18.4 Å². The zero-order valence-electron chi connectivity index (χ0n) is 13.5. The van der Waals surface area contributed by atoms with Gasteiger partial charge in [0.1, 0.15) is 0 Å². The molecule has 0 N–H and O–H groups in total. The lowest BCUT2D eigenvalue weighted by molar-refractivity contribution is 0.630. The number of hydrazone groups is 1. The van der Waals surface area contributed by atoms with Crippen LogP contribution in [-0.4, -0.2) is 30.9 Å². The number of fused-ring (bicyclic) bond motifs is 3. The van der Waals surface area contributed by atoms with Crippen molar-refractivity contribution >= 4 is 22.8 Å². The summed E-state index contributed by atoms with van der Waals surface area (Å²) in [5, 5.41) is 6.37. The fourth-order valence-corrected chi connectivity index (χ4v) is 2.82. The molecule has 0 radical (unpaired) electrons. The zero-order valence-corrected chi connectivity index (χ0v) is 13.5. The first-order chi connectivity index (χ1) is 10.4.